The minimum absolute atomic E-state index is 0.0142. The number of aliphatic hydroxyl groups is 1. The predicted molar refractivity (Wildman–Crippen MR) is 191 cm³/mol. The summed E-state index contributed by atoms with van der Waals surface area (Å²) in [6.45, 7) is 24.5. The largest absolute Gasteiger partial charge is 0.446 e. The summed E-state index contributed by atoms with van der Waals surface area (Å²) in [5.74, 6) is 1.77. The van der Waals surface area contributed by atoms with Crippen LogP contribution in [0.5, 0.6) is 0 Å². The maximum absolute atomic E-state index is 13.4. The Labute approximate surface area is 301 Å². The van der Waals surface area contributed by atoms with Crippen molar-refractivity contribution in [2.24, 2.45) is 56.7 Å². The molecule has 3 saturated heterocycles. The van der Waals surface area contributed by atoms with Crippen LogP contribution in [0.2, 0.25) is 0 Å². The standard InChI is InChI=1S/C41H67N3O6/c1-9-42-19-21-44(22-20-42)35(46)49-30-13-14-40-24-41(40)16-15-38(7)31-26(4)23-27(32(25(2)3)50-36(47)43-17-10-18-43)48-33(31)34(45)39(38,8)29(41)12-11-28(40)37(30,5)6/h25-34,45H,9-24H2,1-8H3/t26-,27?,28+,29?,30?,31+,32-,33?,34+,38-,39-,40-,41+/m1/s1. The van der Waals surface area contributed by atoms with Crippen molar-refractivity contribution in [3.63, 3.8) is 0 Å². The van der Waals surface area contributed by atoms with Crippen LogP contribution in [-0.2, 0) is 14.2 Å². The third kappa shape index (κ3) is 4.72. The summed E-state index contributed by atoms with van der Waals surface area (Å²) in [5.41, 5.74) is 0.183. The van der Waals surface area contributed by atoms with E-state index in [9.17, 15) is 14.7 Å². The fourth-order valence-electron chi connectivity index (χ4n) is 14.5. The first-order chi connectivity index (χ1) is 23.6. The topological polar surface area (TPSA) is 91.8 Å². The Kier molecular flexibility index (Phi) is 8.48. The Hall–Kier alpha value is -1.58. The van der Waals surface area contributed by atoms with E-state index in [-0.39, 0.29) is 75.5 Å². The zero-order valence-electron chi connectivity index (χ0n) is 32.4. The lowest BCUT2D eigenvalue weighted by Gasteiger charge is -2.63. The van der Waals surface area contributed by atoms with Gasteiger partial charge in [0.15, 0.2) is 0 Å². The molecule has 0 aromatic carbocycles. The van der Waals surface area contributed by atoms with Gasteiger partial charge in [-0.2, -0.15) is 0 Å². The third-order valence-corrected chi connectivity index (χ3v) is 17.5. The number of aliphatic hydroxyl groups excluding tert-OH is 1. The van der Waals surface area contributed by atoms with Crippen molar-refractivity contribution in [2.75, 3.05) is 45.8 Å². The molecule has 0 aromatic rings. The minimum Gasteiger partial charge on any atom is -0.446 e. The summed E-state index contributed by atoms with van der Waals surface area (Å²) in [4.78, 5) is 32.5. The van der Waals surface area contributed by atoms with Crippen molar-refractivity contribution in [1.82, 2.24) is 14.7 Å². The van der Waals surface area contributed by atoms with Crippen LogP contribution in [0.4, 0.5) is 9.59 Å². The first-order valence-corrected chi connectivity index (χ1v) is 20.6. The van der Waals surface area contributed by atoms with E-state index in [1.54, 1.807) is 4.90 Å². The molecule has 282 valence electrons. The van der Waals surface area contributed by atoms with Crippen LogP contribution in [0.15, 0.2) is 0 Å². The second kappa shape index (κ2) is 12.0. The Bertz CT molecular complexity index is 1350. The summed E-state index contributed by atoms with van der Waals surface area (Å²) < 4.78 is 19.6. The van der Waals surface area contributed by atoms with E-state index < -0.39 is 6.10 Å². The highest BCUT2D eigenvalue weighted by Gasteiger charge is 2.84. The summed E-state index contributed by atoms with van der Waals surface area (Å²) in [6, 6.07) is 0. The summed E-state index contributed by atoms with van der Waals surface area (Å²) in [6.07, 6.45) is 8.16. The van der Waals surface area contributed by atoms with E-state index in [1.807, 2.05) is 4.90 Å². The monoisotopic (exact) mass is 698 g/mol. The quantitative estimate of drug-likeness (QED) is 0.338. The van der Waals surface area contributed by atoms with Crippen molar-refractivity contribution >= 4 is 12.2 Å². The fraction of sp³-hybridized carbons (Fsp3) is 0.951. The number of carbonyl (C=O) groups excluding carboxylic acids is 2. The molecule has 3 heterocycles. The van der Waals surface area contributed by atoms with Gasteiger partial charge in [-0.15, -0.1) is 0 Å². The molecule has 3 aliphatic heterocycles. The number of amides is 2. The van der Waals surface area contributed by atoms with Crippen molar-refractivity contribution in [1.29, 1.82) is 0 Å². The van der Waals surface area contributed by atoms with E-state index in [2.05, 4.69) is 60.3 Å². The number of hydrogen-bond acceptors (Lipinski definition) is 7. The van der Waals surface area contributed by atoms with Gasteiger partial charge < -0.3 is 34.0 Å². The number of ether oxygens (including phenoxy) is 3. The van der Waals surface area contributed by atoms with E-state index in [4.69, 9.17) is 14.2 Å². The molecule has 5 aliphatic carbocycles. The van der Waals surface area contributed by atoms with Crippen LogP contribution in [0.3, 0.4) is 0 Å². The highest BCUT2D eigenvalue weighted by atomic mass is 16.6. The number of likely N-dealkylation sites (N-methyl/N-ethyl adjacent to an activating group) is 1. The van der Waals surface area contributed by atoms with Crippen LogP contribution in [-0.4, -0.2) is 108 Å². The van der Waals surface area contributed by atoms with E-state index in [1.165, 1.54) is 12.8 Å². The minimum atomic E-state index is -0.545. The van der Waals surface area contributed by atoms with Gasteiger partial charge in [0, 0.05) is 50.1 Å². The maximum Gasteiger partial charge on any atom is 0.410 e. The molecule has 0 bridgehead atoms. The van der Waals surface area contributed by atoms with Crippen LogP contribution in [0, 0.1) is 56.7 Å². The van der Waals surface area contributed by atoms with Gasteiger partial charge in [0.05, 0.1) is 18.3 Å². The van der Waals surface area contributed by atoms with Gasteiger partial charge in [-0.1, -0.05) is 55.4 Å². The first-order valence-electron chi connectivity index (χ1n) is 20.6. The molecule has 8 rings (SSSR count). The molecule has 2 spiro atoms. The zero-order valence-corrected chi connectivity index (χ0v) is 32.4. The lowest BCUT2D eigenvalue weighted by molar-refractivity contribution is -0.185. The van der Waals surface area contributed by atoms with Crippen LogP contribution in [0.25, 0.3) is 0 Å². The zero-order chi connectivity index (χ0) is 35.6. The Morgan fingerprint density at radius 2 is 1.54 bits per heavy atom. The number of likely N-dealkylation sites (tertiary alicyclic amines) is 1. The molecule has 4 unspecified atom stereocenters. The molecule has 9 nitrogen and oxygen atoms in total. The highest BCUT2D eigenvalue weighted by Crippen LogP contribution is 2.89. The van der Waals surface area contributed by atoms with E-state index in [0.29, 0.717) is 17.8 Å². The summed E-state index contributed by atoms with van der Waals surface area (Å²) >= 11 is 0. The predicted octanol–water partition coefficient (Wildman–Crippen LogP) is 6.81. The molecule has 50 heavy (non-hydrogen) atoms. The number of piperazine rings is 1. The molecule has 1 N–H and O–H groups in total. The Balaban J connectivity index is 1.00. The van der Waals surface area contributed by atoms with Gasteiger partial charge in [-0.25, -0.2) is 9.59 Å². The molecule has 8 aliphatic rings. The van der Waals surface area contributed by atoms with Gasteiger partial charge in [-0.3, -0.25) is 0 Å². The molecular weight excluding hydrogens is 630 g/mol. The fourth-order valence-corrected chi connectivity index (χ4v) is 14.5. The van der Waals surface area contributed by atoms with Gasteiger partial charge in [0.1, 0.15) is 12.2 Å². The lowest BCUT2D eigenvalue weighted by atomic mass is 9.41. The maximum atomic E-state index is 13.4. The van der Waals surface area contributed by atoms with Gasteiger partial charge in [0.25, 0.3) is 0 Å². The molecule has 9 heteroatoms. The van der Waals surface area contributed by atoms with Gasteiger partial charge in [-0.05, 0) is 110 Å². The van der Waals surface area contributed by atoms with Crippen molar-refractivity contribution in [2.45, 2.75) is 144 Å². The van der Waals surface area contributed by atoms with Crippen molar-refractivity contribution in [3.8, 4) is 0 Å². The number of nitrogens with zero attached hydrogens (tertiary/aromatic N) is 3. The smallest absolute Gasteiger partial charge is 0.410 e. The van der Waals surface area contributed by atoms with Crippen LogP contribution in [0.1, 0.15) is 113 Å². The Morgan fingerprint density at radius 3 is 2.18 bits per heavy atom. The average Bonchev–Trinajstić information content (AvgIpc) is 3.68. The summed E-state index contributed by atoms with van der Waals surface area (Å²) in [7, 11) is 0. The normalized spacial score (nSPS) is 48.3. The molecule has 2 amide bonds. The van der Waals surface area contributed by atoms with Crippen molar-refractivity contribution in [3.05, 3.63) is 0 Å². The van der Waals surface area contributed by atoms with Crippen molar-refractivity contribution < 1.29 is 28.9 Å². The van der Waals surface area contributed by atoms with Gasteiger partial charge in [0.2, 0.25) is 0 Å². The molecule has 0 radical (unpaired) electrons. The third-order valence-electron chi connectivity index (χ3n) is 17.5. The first kappa shape index (κ1) is 35.4. The average molecular weight is 698 g/mol. The number of carbonyl (C=O) groups is 2. The second-order valence-corrected chi connectivity index (χ2v) is 19.8. The Morgan fingerprint density at radius 1 is 0.880 bits per heavy atom. The molecule has 8 fully saturated rings. The molecule has 0 aromatic heterocycles. The molecule has 13 atom stereocenters. The SMILES string of the molecule is CCN1CCN(C(=O)OC2CC[C@]34C[C@]35CC[C@]3(C)[C@@H]6C(OC([C@H](OC(=O)N7CCC7)C(C)C)C[C@H]6C)[C@H](O)[C@@]3(C)C5CC[C@H]4C2(C)C)CC1. The number of rotatable bonds is 5. The number of fused-ring (bicyclic) bond motifs is 4. The summed E-state index contributed by atoms with van der Waals surface area (Å²) in [5, 5.41) is 12.7. The highest BCUT2D eigenvalue weighted by molar-refractivity contribution is 5.69. The molecule has 5 saturated carbocycles. The number of hydrogen-bond donors (Lipinski definition) is 1. The van der Waals surface area contributed by atoms with E-state index >= 15 is 0 Å². The van der Waals surface area contributed by atoms with Crippen LogP contribution >= 0.6 is 0 Å². The van der Waals surface area contributed by atoms with E-state index in [0.717, 1.165) is 90.8 Å². The van der Waals surface area contributed by atoms with Gasteiger partial charge >= 0.3 is 12.2 Å². The molecular formula is C41H67N3O6. The van der Waals surface area contributed by atoms with Crippen LogP contribution < -0.4 is 0 Å². The second-order valence-electron chi connectivity index (χ2n) is 19.8. The lowest BCUT2D eigenvalue weighted by Crippen LogP contribution is -2.60.